The topological polar surface area (TPSA) is 8.17 Å². The molecule has 4 fully saturated rings. The number of thiophene rings is 1. The number of anilines is 3. The Kier molecular flexibility index (Phi) is 9.56. The largest absolute Gasteiger partial charge is 0.375 e. The Balaban J connectivity index is 1.06. The lowest BCUT2D eigenvalue weighted by Gasteiger charge is -2.46. The highest BCUT2D eigenvalue weighted by Crippen LogP contribution is 2.57. The molecule has 4 aliphatic carbocycles. The van der Waals surface area contributed by atoms with E-state index in [1.807, 2.05) is 11.3 Å². The molecule has 0 spiro atoms. The minimum absolute atomic E-state index is 0.0159. The van der Waals surface area contributed by atoms with Crippen LogP contribution in [0.25, 0.3) is 76.0 Å². The lowest BCUT2D eigenvalue weighted by atomic mass is 9.45. The average Bonchev–Trinajstić information content (AvgIpc) is 3.96. The molecular formula is C70H65BN2S. The second-order valence-electron chi connectivity index (χ2n) is 25.2. The van der Waals surface area contributed by atoms with Crippen molar-refractivity contribution in [1.29, 1.82) is 0 Å². The summed E-state index contributed by atoms with van der Waals surface area (Å²) in [6, 6.07) is 62.8. The molecule has 2 aromatic heterocycles. The lowest BCUT2D eigenvalue weighted by Crippen LogP contribution is -2.56. The summed E-state index contributed by atoms with van der Waals surface area (Å²) >= 11 is 2.00. The quantitative estimate of drug-likeness (QED) is 0.156. The van der Waals surface area contributed by atoms with Crippen LogP contribution in [0.15, 0.2) is 158 Å². The third-order valence-electron chi connectivity index (χ3n) is 20.1. The van der Waals surface area contributed by atoms with E-state index in [0.717, 1.165) is 11.8 Å². The summed E-state index contributed by atoms with van der Waals surface area (Å²) in [5, 5.41) is 8.30. The minimum Gasteiger partial charge on any atom is -0.375 e. The molecule has 4 heterocycles. The molecule has 0 radical (unpaired) electrons. The van der Waals surface area contributed by atoms with Crippen molar-refractivity contribution in [2.45, 2.75) is 127 Å². The molecule has 0 amide bonds. The van der Waals surface area contributed by atoms with Crippen LogP contribution in [-0.2, 0) is 16.2 Å². The number of hydrogen-bond acceptors (Lipinski definition) is 2. The second kappa shape index (κ2) is 16.1. The van der Waals surface area contributed by atoms with Gasteiger partial charge in [-0.25, -0.2) is 0 Å². The van der Waals surface area contributed by atoms with E-state index in [9.17, 15) is 0 Å². The highest BCUT2D eigenvalue weighted by molar-refractivity contribution is 7.26. The highest BCUT2D eigenvalue weighted by Gasteiger charge is 2.48. The second-order valence-corrected chi connectivity index (χ2v) is 26.2. The van der Waals surface area contributed by atoms with E-state index in [2.05, 4.69) is 188 Å². The van der Waals surface area contributed by atoms with Crippen molar-refractivity contribution in [3.63, 3.8) is 0 Å². The van der Waals surface area contributed by atoms with Crippen molar-refractivity contribution in [3.8, 4) is 33.4 Å². The van der Waals surface area contributed by atoms with E-state index in [1.165, 1.54) is 199 Å². The molecule has 10 aromatic rings. The van der Waals surface area contributed by atoms with Gasteiger partial charge in [-0.2, -0.15) is 0 Å². The van der Waals surface area contributed by atoms with E-state index >= 15 is 0 Å². The Bertz CT molecular complexity index is 3920. The predicted molar refractivity (Wildman–Crippen MR) is 317 cm³/mol. The van der Waals surface area contributed by atoms with Gasteiger partial charge in [0.25, 0.3) is 0 Å². The van der Waals surface area contributed by atoms with Crippen LogP contribution < -0.4 is 15.8 Å². The summed E-state index contributed by atoms with van der Waals surface area (Å²) in [5.41, 5.74) is 21.3. The summed E-state index contributed by atoms with van der Waals surface area (Å²) in [6.07, 6.45) is 19.1. The first-order valence-corrected chi connectivity index (χ1v) is 29.3. The maximum absolute atomic E-state index is 2.89. The van der Waals surface area contributed by atoms with E-state index in [1.54, 1.807) is 11.1 Å². The van der Waals surface area contributed by atoms with Gasteiger partial charge in [-0.3, -0.25) is 0 Å². The van der Waals surface area contributed by atoms with Crippen molar-refractivity contribution in [2.24, 2.45) is 11.8 Å². The Morgan fingerprint density at radius 1 is 0.500 bits per heavy atom. The van der Waals surface area contributed by atoms with Crippen LogP contribution in [0.4, 0.5) is 16.4 Å². The summed E-state index contributed by atoms with van der Waals surface area (Å²) in [6.45, 7) is 7.04. The zero-order chi connectivity index (χ0) is 49.1. The first kappa shape index (κ1) is 44.0. The van der Waals surface area contributed by atoms with Crippen molar-refractivity contribution < 1.29 is 0 Å². The van der Waals surface area contributed by atoms with Gasteiger partial charge in [0.15, 0.2) is 0 Å². The molecule has 0 unspecified atom stereocenters. The van der Waals surface area contributed by atoms with E-state index in [4.69, 9.17) is 0 Å². The zero-order valence-electron chi connectivity index (χ0n) is 43.4. The van der Waals surface area contributed by atoms with Gasteiger partial charge in [0, 0.05) is 43.3 Å². The fraction of sp³-hybridized carbons (Fsp3) is 0.314. The molecule has 2 aliphatic heterocycles. The number of fused-ring (bicyclic) bond motifs is 14. The molecule has 4 saturated carbocycles. The van der Waals surface area contributed by atoms with Crippen molar-refractivity contribution >= 4 is 88.2 Å². The molecule has 0 N–H and O–H groups in total. The van der Waals surface area contributed by atoms with Gasteiger partial charge in [0.1, 0.15) is 0 Å². The van der Waals surface area contributed by atoms with Crippen molar-refractivity contribution in [2.75, 3.05) is 4.90 Å². The summed E-state index contributed by atoms with van der Waals surface area (Å²) in [5.74, 6) is 1.73. The molecule has 6 aliphatic rings. The monoisotopic (exact) mass is 976 g/mol. The van der Waals surface area contributed by atoms with Crippen LogP contribution in [0.5, 0.6) is 0 Å². The van der Waals surface area contributed by atoms with Crippen LogP contribution in [0.1, 0.15) is 127 Å². The normalized spacial score (nSPS) is 22.9. The molecule has 4 bridgehead atoms. The van der Waals surface area contributed by atoms with Gasteiger partial charge >= 0.3 is 6.85 Å². The standard InChI is InChI=1S/C70H65BN2S/c1-68(2,3)51-26-28-60(54(38-51)47-22-8-5-9-23-47)72-62-36-50(46-20-6-4-7-21-46)35-56-58-41-53(70-32-14-18-45(43-70)19-15-33-70)40-57-55-39-52(69-30-12-16-44(42-69)17-13-31-69)27-29-61(55)73(66(57)58)71(64(56)62)65-59-34-48-24-10-11-25-49(48)37-63(59)74-67(65)72/h4-11,20-29,34-41,44-45H,12-19,30-33,42-43H2,1-3H3. The Morgan fingerprint density at radius 2 is 1.14 bits per heavy atom. The number of hydrogen-bond donors (Lipinski definition) is 0. The van der Waals surface area contributed by atoms with Gasteiger partial charge in [0.05, 0.1) is 10.7 Å². The van der Waals surface area contributed by atoms with Crippen molar-refractivity contribution in [1.82, 2.24) is 4.48 Å². The number of rotatable bonds is 5. The maximum atomic E-state index is 2.89. The minimum atomic E-state index is -0.0250. The predicted octanol–water partition coefficient (Wildman–Crippen LogP) is 18.4. The van der Waals surface area contributed by atoms with Gasteiger partial charge in [0.2, 0.25) is 0 Å². The third-order valence-corrected chi connectivity index (χ3v) is 21.3. The Morgan fingerprint density at radius 3 is 1.82 bits per heavy atom. The smallest absolute Gasteiger partial charge is 0.334 e. The molecule has 4 heteroatoms. The molecule has 74 heavy (non-hydrogen) atoms. The van der Waals surface area contributed by atoms with Gasteiger partial charge in [-0.15, -0.1) is 11.3 Å². The number of nitrogens with zero attached hydrogens (tertiary/aromatic N) is 2. The Labute approximate surface area is 441 Å². The number of aromatic nitrogens is 1. The van der Waals surface area contributed by atoms with Crippen LogP contribution in [0, 0.1) is 11.8 Å². The molecule has 0 atom stereocenters. The SMILES string of the molecule is CC(C)(C)c1ccc(N2c3cc(-c4ccccc4)cc4c3B(c3c2sc2cc5ccccc5cc32)n2c3ccc(C56CCCC(CCC5)C6)cc3c3cc(C56CCCC(CCC5)C6)cc-4c32)c(-c2ccccc2)c1. The van der Waals surface area contributed by atoms with Gasteiger partial charge < -0.3 is 9.38 Å². The van der Waals surface area contributed by atoms with Crippen molar-refractivity contribution in [3.05, 3.63) is 174 Å². The zero-order valence-corrected chi connectivity index (χ0v) is 44.3. The Hall–Kier alpha value is -6.36. The van der Waals surface area contributed by atoms with Gasteiger partial charge in [-0.05, 0) is 193 Å². The molecule has 2 nitrogen and oxygen atoms in total. The summed E-state index contributed by atoms with van der Waals surface area (Å²) < 4.78 is 4.25. The fourth-order valence-electron chi connectivity index (χ4n) is 16.6. The van der Waals surface area contributed by atoms with Crippen LogP contribution in [-0.4, -0.2) is 11.3 Å². The average molecular weight is 977 g/mol. The first-order chi connectivity index (χ1) is 36.2. The molecule has 0 saturated heterocycles. The first-order valence-electron chi connectivity index (χ1n) is 28.5. The van der Waals surface area contributed by atoms with E-state index in [-0.39, 0.29) is 17.7 Å². The molecule has 16 rings (SSSR count). The lowest BCUT2D eigenvalue weighted by molar-refractivity contribution is 0.149. The van der Waals surface area contributed by atoms with E-state index < -0.39 is 0 Å². The molecule has 364 valence electrons. The maximum Gasteiger partial charge on any atom is 0.334 e. The van der Waals surface area contributed by atoms with Crippen LogP contribution >= 0.6 is 11.3 Å². The number of benzene rings is 8. The summed E-state index contributed by atoms with van der Waals surface area (Å²) in [4.78, 5) is 2.74. The van der Waals surface area contributed by atoms with E-state index in [0.29, 0.717) is 5.41 Å². The molecule has 8 aromatic carbocycles. The molecular weight excluding hydrogens is 912 g/mol. The van der Waals surface area contributed by atoms with Gasteiger partial charge in [-0.1, -0.05) is 169 Å². The van der Waals surface area contributed by atoms with Crippen LogP contribution in [0.3, 0.4) is 0 Å². The highest BCUT2D eigenvalue weighted by atomic mass is 32.1. The third kappa shape index (κ3) is 6.42. The summed E-state index contributed by atoms with van der Waals surface area (Å²) in [7, 11) is 0. The van der Waals surface area contributed by atoms with Crippen LogP contribution in [0.2, 0.25) is 0 Å². The fourth-order valence-corrected chi connectivity index (χ4v) is 17.9.